The summed E-state index contributed by atoms with van der Waals surface area (Å²) < 4.78 is 39.5. The smallest absolute Gasteiger partial charge is 0.329 e. The molecule has 0 saturated heterocycles. The summed E-state index contributed by atoms with van der Waals surface area (Å²) in [7, 11) is 0. The first-order chi connectivity index (χ1) is 9.38. The van der Waals surface area contributed by atoms with Gasteiger partial charge in [0.1, 0.15) is 12.0 Å². The van der Waals surface area contributed by atoms with Crippen LogP contribution in [0, 0.1) is 27.6 Å². The molecule has 0 aliphatic rings. The molecular weight excluding hydrogens is 301 g/mol. The Bertz CT molecular complexity index is 698. The van der Waals surface area contributed by atoms with E-state index in [0.29, 0.717) is 12.1 Å². The highest BCUT2D eigenvalue weighted by Gasteiger charge is 2.20. The lowest BCUT2D eigenvalue weighted by Gasteiger charge is -2.07. The van der Waals surface area contributed by atoms with Crippen LogP contribution in [-0.4, -0.2) is 14.9 Å². The van der Waals surface area contributed by atoms with E-state index >= 15 is 0 Å². The second-order valence-electron chi connectivity index (χ2n) is 3.50. The fourth-order valence-corrected chi connectivity index (χ4v) is 1.49. The number of anilines is 2. The normalized spacial score (nSPS) is 10.4. The number of hydrogen-bond acceptors (Lipinski definition) is 5. The lowest BCUT2D eigenvalue weighted by Crippen LogP contribution is -2.04. The molecule has 0 bridgehead atoms. The fraction of sp³-hybridized carbons (Fsp3) is 0. The zero-order valence-electron chi connectivity index (χ0n) is 9.40. The summed E-state index contributed by atoms with van der Waals surface area (Å²) in [6, 6.07) is 0.958. The van der Waals surface area contributed by atoms with Crippen molar-refractivity contribution in [1.29, 1.82) is 0 Å². The number of nitrogens with zero attached hydrogens (tertiary/aromatic N) is 3. The number of hydrogen-bond donors (Lipinski definition) is 1. The van der Waals surface area contributed by atoms with Crippen LogP contribution in [0.15, 0.2) is 18.3 Å². The molecule has 0 aliphatic carbocycles. The molecule has 1 aromatic heterocycles. The molecule has 2 aromatic rings. The molecule has 10 heteroatoms. The van der Waals surface area contributed by atoms with Crippen LogP contribution >= 0.6 is 11.6 Å². The Balaban J connectivity index is 2.50. The zero-order chi connectivity index (χ0) is 14.9. The van der Waals surface area contributed by atoms with E-state index in [4.69, 9.17) is 11.6 Å². The average Bonchev–Trinajstić information content (AvgIpc) is 2.35. The predicted molar refractivity (Wildman–Crippen MR) is 63.3 cm³/mol. The van der Waals surface area contributed by atoms with Crippen molar-refractivity contribution in [3.05, 3.63) is 51.2 Å². The van der Waals surface area contributed by atoms with E-state index in [-0.39, 0.29) is 5.28 Å². The maximum absolute atomic E-state index is 13.5. The quantitative estimate of drug-likeness (QED) is 0.407. The highest BCUT2D eigenvalue weighted by Crippen LogP contribution is 2.28. The lowest BCUT2D eigenvalue weighted by atomic mass is 10.2. The Kier molecular flexibility index (Phi) is 3.70. The Morgan fingerprint density at radius 3 is 2.65 bits per heavy atom. The number of benzene rings is 1. The molecule has 6 nitrogen and oxygen atoms in total. The Labute approximate surface area is 114 Å². The summed E-state index contributed by atoms with van der Waals surface area (Å²) in [6.45, 7) is 0. The van der Waals surface area contributed by atoms with E-state index in [1.165, 1.54) is 0 Å². The van der Waals surface area contributed by atoms with Crippen molar-refractivity contribution in [2.75, 3.05) is 5.32 Å². The molecule has 0 fully saturated rings. The maximum Gasteiger partial charge on any atom is 0.329 e. The van der Waals surface area contributed by atoms with Crippen LogP contribution in [0.1, 0.15) is 0 Å². The van der Waals surface area contributed by atoms with Crippen molar-refractivity contribution in [2.24, 2.45) is 0 Å². The van der Waals surface area contributed by atoms with Crippen LogP contribution in [0.25, 0.3) is 0 Å². The van der Waals surface area contributed by atoms with Gasteiger partial charge in [0.25, 0.3) is 0 Å². The number of nitrogens with one attached hydrogen (secondary N) is 1. The van der Waals surface area contributed by atoms with E-state index in [1.807, 2.05) is 0 Å². The molecule has 0 aliphatic heterocycles. The summed E-state index contributed by atoms with van der Waals surface area (Å²) in [6.07, 6.45) is 0.783. The molecule has 0 unspecified atom stereocenters. The van der Waals surface area contributed by atoms with Crippen LogP contribution in [0.4, 0.5) is 30.4 Å². The van der Waals surface area contributed by atoms with Crippen LogP contribution in [-0.2, 0) is 0 Å². The standard InChI is InChI=1S/C10H4ClF3N4O2/c11-10-15-3-7(18(19)20)9(17-10)16-6-2-4(12)1-5(13)8(6)14/h1-3H,(H,15,16,17). The molecule has 0 spiro atoms. The van der Waals surface area contributed by atoms with Crippen LogP contribution in [0.3, 0.4) is 0 Å². The van der Waals surface area contributed by atoms with Crippen molar-refractivity contribution >= 4 is 28.8 Å². The second-order valence-corrected chi connectivity index (χ2v) is 3.84. The minimum atomic E-state index is -1.45. The van der Waals surface area contributed by atoms with Crippen molar-refractivity contribution in [3.8, 4) is 0 Å². The molecule has 104 valence electrons. The number of halogens is 4. The van der Waals surface area contributed by atoms with Crippen LogP contribution in [0.5, 0.6) is 0 Å². The molecule has 20 heavy (non-hydrogen) atoms. The monoisotopic (exact) mass is 304 g/mol. The van der Waals surface area contributed by atoms with Crippen molar-refractivity contribution < 1.29 is 18.1 Å². The minimum Gasteiger partial charge on any atom is -0.332 e. The van der Waals surface area contributed by atoms with Crippen molar-refractivity contribution in [1.82, 2.24) is 9.97 Å². The van der Waals surface area contributed by atoms with Gasteiger partial charge in [0.2, 0.25) is 11.1 Å². The SMILES string of the molecule is O=[N+]([O-])c1cnc(Cl)nc1Nc1cc(F)cc(F)c1F. The first-order valence-corrected chi connectivity index (χ1v) is 5.35. The van der Waals surface area contributed by atoms with Gasteiger partial charge in [0, 0.05) is 12.1 Å². The molecule has 0 atom stereocenters. The maximum atomic E-state index is 13.5. The Morgan fingerprint density at radius 2 is 2.00 bits per heavy atom. The van der Waals surface area contributed by atoms with E-state index in [1.54, 1.807) is 0 Å². The Hall–Kier alpha value is -2.42. The van der Waals surface area contributed by atoms with Gasteiger partial charge in [-0.1, -0.05) is 0 Å². The third-order valence-electron chi connectivity index (χ3n) is 2.18. The lowest BCUT2D eigenvalue weighted by molar-refractivity contribution is -0.384. The zero-order valence-corrected chi connectivity index (χ0v) is 10.2. The Morgan fingerprint density at radius 1 is 1.30 bits per heavy atom. The van der Waals surface area contributed by atoms with E-state index in [9.17, 15) is 23.3 Å². The largest absolute Gasteiger partial charge is 0.332 e. The molecule has 0 amide bonds. The van der Waals surface area contributed by atoms with Gasteiger partial charge in [-0.15, -0.1) is 0 Å². The molecule has 1 aromatic carbocycles. The highest BCUT2D eigenvalue weighted by molar-refractivity contribution is 6.28. The van der Waals surface area contributed by atoms with Crippen LogP contribution in [0.2, 0.25) is 5.28 Å². The van der Waals surface area contributed by atoms with Gasteiger partial charge in [-0.2, -0.15) is 4.98 Å². The average molecular weight is 305 g/mol. The number of rotatable bonds is 3. The molecular formula is C10H4ClF3N4O2. The molecule has 0 radical (unpaired) electrons. The van der Waals surface area contributed by atoms with Gasteiger partial charge in [-0.3, -0.25) is 10.1 Å². The van der Waals surface area contributed by atoms with Gasteiger partial charge < -0.3 is 5.32 Å². The first kappa shape index (κ1) is 14.0. The first-order valence-electron chi connectivity index (χ1n) is 4.97. The summed E-state index contributed by atoms with van der Waals surface area (Å²) in [4.78, 5) is 16.8. The summed E-state index contributed by atoms with van der Waals surface area (Å²) in [5, 5.41) is 12.5. The van der Waals surface area contributed by atoms with Gasteiger partial charge in [0.15, 0.2) is 11.6 Å². The van der Waals surface area contributed by atoms with Gasteiger partial charge in [-0.25, -0.2) is 18.2 Å². The number of nitro groups is 1. The van der Waals surface area contributed by atoms with Gasteiger partial charge in [0.05, 0.1) is 10.6 Å². The highest BCUT2D eigenvalue weighted by atomic mass is 35.5. The third kappa shape index (κ3) is 2.77. The van der Waals surface area contributed by atoms with Gasteiger partial charge in [-0.05, 0) is 11.6 Å². The molecule has 0 saturated carbocycles. The summed E-state index contributed by atoms with van der Waals surface area (Å²) in [5.41, 5.74) is -1.28. The summed E-state index contributed by atoms with van der Waals surface area (Å²) >= 11 is 5.46. The fourth-order valence-electron chi connectivity index (χ4n) is 1.35. The van der Waals surface area contributed by atoms with E-state index < -0.39 is 39.6 Å². The van der Waals surface area contributed by atoms with Crippen molar-refractivity contribution in [2.45, 2.75) is 0 Å². The third-order valence-corrected chi connectivity index (χ3v) is 2.36. The predicted octanol–water partition coefficient (Wildman–Crippen LogP) is 3.20. The van der Waals surface area contributed by atoms with E-state index in [0.717, 1.165) is 6.20 Å². The topological polar surface area (TPSA) is 81.0 Å². The van der Waals surface area contributed by atoms with Gasteiger partial charge >= 0.3 is 5.69 Å². The van der Waals surface area contributed by atoms with E-state index in [2.05, 4.69) is 15.3 Å². The second kappa shape index (κ2) is 5.29. The van der Waals surface area contributed by atoms with Crippen molar-refractivity contribution in [3.63, 3.8) is 0 Å². The molecule has 1 N–H and O–H groups in total. The van der Waals surface area contributed by atoms with Crippen LogP contribution < -0.4 is 5.32 Å². The number of aromatic nitrogens is 2. The summed E-state index contributed by atoms with van der Waals surface area (Å²) in [5.74, 6) is -4.40. The minimum absolute atomic E-state index is 0.335. The molecule has 2 rings (SSSR count). The molecule has 1 heterocycles.